The van der Waals surface area contributed by atoms with Crippen LogP contribution >= 0.6 is 0 Å². The molecule has 0 amide bonds. The van der Waals surface area contributed by atoms with Crippen LogP contribution in [0.1, 0.15) is 52.6 Å². The van der Waals surface area contributed by atoms with Gasteiger partial charge in [-0.25, -0.2) is 0 Å². The van der Waals surface area contributed by atoms with Crippen LogP contribution in [0.4, 0.5) is 0 Å². The van der Waals surface area contributed by atoms with Gasteiger partial charge in [0.05, 0.1) is 14.2 Å². The minimum absolute atomic E-state index is 0.278. The van der Waals surface area contributed by atoms with E-state index < -0.39 is 0 Å². The molecule has 0 bridgehead atoms. The molecule has 3 aliphatic rings. The Morgan fingerprint density at radius 2 is 1.61 bits per heavy atom. The molecule has 4 aromatic carbocycles. The number of fused-ring (bicyclic) bond motifs is 5. The predicted octanol–water partition coefficient (Wildman–Crippen LogP) is 7.44. The van der Waals surface area contributed by atoms with Crippen LogP contribution in [-0.4, -0.2) is 32.5 Å². The van der Waals surface area contributed by atoms with Gasteiger partial charge in [0.15, 0.2) is 23.0 Å². The monoisotopic (exact) mass is 549 g/mol. The molecule has 4 aromatic rings. The number of hydrogen-bond acceptors (Lipinski definition) is 6. The van der Waals surface area contributed by atoms with Gasteiger partial charge in [0.25, 0.3) is 0 Å². The zero-order valence-corrected chi connectivity index (χ0v) is 23.6. The average molecular weight is 550 g/mol. The van der Waals surface area contributed by atoms with E-state index in [9.17, 15) is 0 Å². The summed E-state index contributed by atoms with van der Waals surface area (Å²) in [6.07, 6.45) is 4.13. The molecule has 0 fully saturated rings. The molecule has 2 unspecified atom stereocenters. The number of rotatable bonds is 8. The topological polar surface area (TPSA) is 49.4 Å². The Labute approximate surface area is 241 Å². The maximum Gasteiger partial charge on any atom is 0.231 e. The van der Waals surface area contributed by atoms with Crippen molar-refractivity contribution in [1.29, 1.82) is 0 Å². The van der Waals surface area contributed by atoms with Gasteiger partial charge < -0.3 is 23.7 Å². The molecule has 41 heavy (non-hydrogen) atoms. The van der Waals surface area contributed by atoms with Crippen molar-refractivity contribution < 1.29 is 23.7 Å². The fraction of sp³-hybridized carbons (Fsp3) is 0.314. The number of methoxy groups -OCH3 is 2. The molecular weight excluding hydrogens is 514 g/mol. The summed E-state index contributed by atoms with van der Waals surface area (Å²) in [5.74, 6) is 5.41. The predicted molar refractivity (Wildman–Crippen MR) is 158 cm³/mol. The van der Waals surface area contributed by atoms with Crippen LogP contribution in [0.2, 0.25) is 0 Å². The molecule has 0 saturated carbocycles. The number of hydrogen-bond donors (Lipinski definition) is 0. The van der Waals surface area contributed by atoms with Crippen molar-refractivity contribution in [2.75, 3.05) is 27.6 Å². The van der Waals surface area contributed by atoms with E-state index in [0.717, 1.165) is 73.3 Å². The van der Waals surface area contributed by atoms with Gasteiger partial charge in [-0.15, -0.1) is 0 Å². The van der Waals surface area contributed by atoms with E-state index >= 15 is 0 Å². The minimum Gasteiger partial charge on any atom is -0.493 e. The van der Waals surface area contributed by atoms with Crippen molar-refractivity contribution in [3.8, 4) is 34.5 Å². The first-order valence-electron chi connectivity index (χ1n) is 14.4. The highest BCUT2D eigenvalue weighted by atomic mass is 16.7. The van der Waals surface area contributed by atoms with Crippen molar-refractivity contribution in [3.05, 3.63) is 107 Å². The largest absolute Gasteiger partial charge is 0.493 e. The molecule has 7 rings (SSSR count). The first-order valence-corrected chi connectivity index (χ1v) is 14.4. The molecule has 0 aromatic heterocycles. The van der Waals surface area contributed by atoms with Crippen LogP contribution in [0.5, 0.6) is 34.5 Å². The Kier molecular flexibility index (Phi) is 6.93. The average Bonchev–Trinajstić information content (AvgIpc) is 3.47. The summed E-state index contributed by atoms with van der Waals surface area (Å²) in [6, 6.07) is 27.5. The van der Waals surface area contributed by atoms with Gasteiger partial charge in [0.2, 0.25) is 6.79 Å². The Bertz CT molecular complexity index is 1530. The molecule has 3 heterocycles. The normalized spacial score (nSPS) is 18.7. The van der Waals surface area contributed by atoms with Gasteiger partial charge in [-0.1, -0.05) is 36.4 Å². The first-order chi connectivity index (χ1) is 20.2. The third kappa shape index (κ3) is 4.87. The second kappa shape index (κ2) is 11.0. The van der Waals surface area contributed by atoms with E-state index in [4.69, 9.17) is 23.7 Å². The molecular formula is C35H35NO5. The van der Waals surface area contributed by atoms with Gasteiger partial charge >= 0.3 is 0 Å². The van der Waals surface area contributed by atoms with Gasteiger partial charge in [-0.2, -0.15) is 0 Å². The van der Waals surface area contributed by atoms with E-state index in [1.165, 1.54) is 27.8 Å². The molecule has 2 atom stereocenters. The van der Waals surface area contributed by atoms with Crippen LogP contribution in [0.25, 0.3) is 0 Å². The highest BCUT2D eigenvalue weighted by molar-refractivity contribution is 5.56. The summed E-state index contributed by atoms with van der Waals surface area (Å²) in [7, 11) is 3.46. The van der Waals surface area contributed by atoms with Crippen molar-refractivity contribution in [1.82, 2.24) is 4.90 Å². The lowest BCUT2D eigenvalue weighted by molar-refractivity contribution is 0.126. The fourth-order valence-electron chi connectivity index (χ4n) is 6.82. The number of nitrogens with zero attached hydrogens (tertiary/aromatic N) is 1. The van der Waals surface area contributed by atoms with E-state index in [-0.39, 0.29) is 6.04 Å². The van der Waals surface area contributed by atoms with Crippen molar-refractivity contribution in [2.24, 2.45) is 0 Å². The van der Waals surface area contributed by atoms with Crippen molar-refractivity contribution in [3.63, 3.8) is 0 Å². The lowest BCUT2D eigenvalue weighted by Gasteiger charge is -2.46. The Morgan fingerprint density at radius 1 is 0.829 bits per heavy atom. The quantitative estimate of drug-likeness (QED) is 0.228. The fourth-order valence-corrected chi connectivity index (χ4v) is 6.82. The number of para-hydroxylation sites is 1. The van der Waals surface area contributed by atoms with Crippen LogP contribution < -0.4 is 23.7 Å². The Hall–Kier alpha value is -4.16. The second-order valence-electron chi connectivity index (χ2n) is 11.0. The summed E-state index contributed by atoms with van der Waals surface area (Å²) < 4.78 is 29.1. The van der Waals surface area contributed by atoms with Gasteiger partial charge in [0, 0.05) is 30.6 Å². The van der Waals surface area contributed by atoms with Crippen molar-refractivity contribution in [2.45, 2.75) is 44.2 Å². The molecule has 0 radical (unpaired) electrons. The van der Waals surface area contributed by atoms with Crippen LogP contribution in [0, 0.1) is 0 Å². The summed E-state index contributed by atoms with van der Waals surface area (Å²) in [5.41, 5.74) is 6.67. The SMILES string of the molecule is COc1ccc2c(c1OC)CN1CCc3cc4c(cc3C1C2CCCc1ccc(Oc2ccccc2)cc1)OCO4. The summed E-state index contributed by atoms with van der Waals surface area (Å²) >= 11 is 0. The third-order valence-corrected chi connectivity index (χ3v) is 8.72. The van der Waals surface area contributed by atoms with Crippen LogP contribution in [0.15, 0.2) is 78.9 Å². The van der Waals surface area contributed by atoms with Gasteiger partial charge in [-0.05, 0) is 90.4 Å². The molecule has 6 nitrogen and oxygen atoms in total. The third-order valence-electron chi connectivity index (χ3n) is 8.72. The highest BCUT2D eigenvalue weighted by Crippen LogP contribution is 2.53. The van der Waals surface area contributed by atoms with Crippen LogP contribution in [-0.2, 0) is 19.4 Å². The molecule has 0 aliphatic carbocycles. The summed E-state index contributed by atoms with van der Waals surface area (Å²) in [5, 5.41) is 0. The van der Waals surface area contributed by atoms with Crippen molar-refractivity contribution >= 4 is 0 Å². The standard InChI is InChI=1S/C35H35NO5/c1-37-31-16-15-27-28(10-6-7-23-11-13-26(14-12-23)41-25-8-4-3-5-9-25)34-29-20-33-32(39-22-40-33)19-24(29)17-18-36(34)21-30(27)35(31)38-2/h3-5,8-9,11-16,19-20,28,34H,6-7,10,17-18,21-22H2,1-2H3. The zero-order chi connectivity index (χ0) is 27.8. The lowest BCUT2D eigenvalue weighted by atomic mass is 9.74. The Morgan fingerprint density at radius 3 is 2.39 bits per heavy atom. The Balaban J connectivity index is 1.16. The summed E-state index contributed by atoms with van der Waals surface area (Å²) in [4.78, 5) is 2.62. The van der Waals surface area contributed by atoms with Crippen LogP contribution in [0.3, 0.4) is 0 Å². The lowest BCUT2D eigenvalue weighted by Crippen LogP contribution is -2.42. The maximum atomic E-state index is 5.99. The van der Waals surface area contributed by atoms with E-state index in [2.05, 4.69) is 53.4 Å². The molecule has 0 N–H and O–H groups in total. The maximum absolute atomic E-state index is 5.99. The molecule has 6 heteroatoms. The minimum atomic E-state index is 0.278. The molecule has 3 aliphatic heterocycles. The molecule has 210 valence electrons. The van der Waals surface area contributed by atoms with Gasteiger partial charge in [-0.3, -0.25) is 4.90 Å². The van der Waals surface area contributed by atoms with Gasteiger partial charge in [0.1, 0.15) is 11.5 Å². The van der Waals surface area contributed by atoms with E-state index in [1.54, 1.807) is 14.2 Å². The first kappa shape index (κ1) is 25.8. The molecule has 0 spiro atoms. The highest BCUT2D eigenvalue weighted by Gasteiger charge is 2.41. The second-order valence-corrected chi connectivity index (χ2v) is 11.0. The smallest absolute Gasteiger partial charge is 0.231 e. The van der Waals surface area contributed by atoms with E-state index in [1.807, 2.05) is 30.3 Å². The zero-order valence-electron chi connectivity index (χ0n) is 23.6. The molecule has 0 saturated heterocycles. The number of aryl methyl sites for hydroxylation is 1. The number of ether oxygens (including phenoxy) is 5. The van der Waals surface area contributed by atoms with E-state index in [0.29, 0.717) is 12.7 Å². The number of benzene rings is 4. The summed E-state index contributed by atoms with van der Waals surface area (Å²) in [6.45, 7) is 2.13.